The van der Waals surface area contributed by atoms with Gasteiger partial charge in [-0.2, -0.15) is 0 Å². The van der Waals surface area contributed by atoms with Crippen molar-refractivity contribution in [2.75, 3.05) is 0 Å². The lowest BCUT2D eigenvalue weighted by molar-refractivity contribution is -0.143. The molecule has 0 bridgehead atoms. The number of carbonyl (C=O) groups is 3. The number of nitrogens with one attached hydrogen (secondary N) is 1. The Balaban J connectivity index is 3.53. The van der Waals surface area contributed by atoms with Crippen LogP contribution in [0.15, 0.2) is 12.2 Å². The smallest absolute Gasteiger partial charge is 0.326 e. The van der Waals surface area contributed by atoms with Gasteiger partial charge in [0.05, 0.1) is 6.42 Å². The van der Waals surface area contributed by atoms with Crippen LogP contribution in [-0.2, 0) is 14.4 Å². The van der Waals surface area contributed by atoms with Crippen molar-refractivity contribution in [1.82, 2.24) is 5.32 Å². The van der Waals surface area contributed by atoms with Gasteiger partial charge in [-0.3, -0.25) is 9.59 Å². The molecular weight excluding hydrogens is 344 g/mol. The average molecular weight is 383 g/mol. The molecule has 0 aromatic carbocycles. The summed E-state index contributed by atoms with van der Waals surface area (Å²) in [5.41, 5.74) is 4.98. The predicted octanol–water partition coefficient (Wildman–Crippen LogP) is 4.08. The Bertz CT molecular complexity index is 449. The molecule has 6 nitrogen and oxygen atoms in total. The van der Waals surface area contributed by atoms with Crippen molar-refractivity contribution in [2.45, 2.75) is 103 Å². The Kier molecular flexibility index (Phi) is 16.4. The maximum atomic E-state index is 11.7. The summed E-state index contributed by atoms with van der Waals surface area (Å²) in [6.07, 6.45) is 18.4. The first-order chi connectivity index (χ1) is 13.0. The highest BCUT2D eigenvalue weighted by molar-refractivity contribution is 5.88. The molecule has 0 unspecified atom stereocenters. The SMILES string of the molecule is CCCCCCC/C=C\CCCCCCCC(=O)N[C@@H](CC(N)=O)C(=O)O. The van der Waals surface area contributed by atoms with Gasteiger partial charge in [-0.15, -0.1) is 0 Å². The number of allylic oxidation sites excluding steroid dienone is 2. The fourth-order valence-electron chi connectivity index (χ4n) is 2.85. The third-order valence-corrected chi connectivity index (χ3v) is 4.45. The van der Waals surface area contributed by atoms with Crippen molar-refractivity contribution >= 4 is 17.8 Å². The number of hydrogen-bond acceptors (Lipinski definition) is 3. The van der Waals surface area contributed by atoms with Gasteiger partial charge < -0.3 is 16.2 Å². The van der Waals surface area contributed by atoms with Gasteiger partial charge in [0.1, 0.15) is 6.04 Å². The number of aliphatic carboxylic acids is 1. The maximum absolute atomic E-state index is 11.7. The average Bonchev–Trinajstić information content (AvgIpc) is 2.61. The number of unbranched alkanes of at least 4 members (excludes halogenated alkanes) is 10. The van der Waals surface area contributed by atoms with Crippen molar-refractivity contribution in [2.24, 2.45) is 5.73 Å². The molecule has 27 heavy (non-hydrogen) atoms. The molecule has 0 fully saturated rings. The van der Waals surface area contributed by atoms with Crippen LogP contribution in [0.4, 0.5) is 0 Å². The molecule has 0 aromatic heterocycles. The highest BCUT2D eigenvalue weighted by Gasteiger charge is 2.21. The van der Waals surface area contributed by atoms with Crippen LogP contribution in [0.5, 0.6) is 0 Å². The summed E-state index contributed by atoms with van der Waals surface area (Å²) in [7, 11) is 0. The Morgan fingerprint density at radius 3 is 1.93 bits per heavy atom. The van der Waals surface area contributed by atoms with Gasteiger partial charge in [0, 0.05) is 6.42 Å². The Morgan fingerprint density at radius 2 is 1.41 bits per heavy atom. The van der Waals surface area contributed by atoms with Crippen molar-refractivity contribution in [1.29, 1.82) is 0 Å². The topological polar surface area (TPSA) is 109 Å². The van der Waals surface area contributed by atoms with E-state index < -0.39 is 17.9 Å². The third-order valence-electron chi connectivity index (χ3n) is 4.45. The summed E-state index contributed by atoms with van der Waals surface area (Å²) in [4.78, 5) is 33.5. The van der Waals surface area contributed by atoms with Gasteiger partial charge in [0.15, 0.2) is 0 Å². The van der Waals surface area contributed by atoms with Gasteiger partial charge >= 0.3 is 5.97 Å². The van der Waals surface area contributed by atoms with Crippen LogP contribution in [0.2, 0.25) is 0 Å². The molecule has 2 amide bonds. The van der Waals surface area contributed by atoms with E-state index in [1.54, 1.807) is 0 Å². The normalized spacial score (nSPS) is 12.2. The molecule has 0 radical (unpaired) electrons. The van der Waals surface area contributed by atoms with E-state index in [2.05, 4.69) is 24.4 Å². The maximum Gasteiger partial charge on any atom is 0.326 e. The van der Waals surface area contributed by atoms with Crippen LogP contribution in [0.3, 0.4) is 0 Å². The van der Waals surface area contributed by atoms with Crippen LogP contribution in [0.1, 0.15) is 96.8 Å². The summed E-state index contributed by atoms with van der Waals surface area (Å²) in [6, 6.07) is -1.23. The molecule has 0 saturated carbocycles. The lowest BCUT2D eigenvalue weighted by Gasteiger charge is -2.12. The molecule has 0 saturated heterocycles. The first kappa shape index (κ1) is 25.1. The van der Waals surface area contributed by atoms with Crippen LogP contribution >= 0.6 is 0 Å². The molecule has 1 atom stereocenters. The second-order valence-electron chi connectivity index (χ2n) is 7.11. The van der Waals surface area contributed by atoms with Crippen LogP contribution in [0, 0.1) is 0 Å². The highest BCUT2D eigenvalue weighted by atomic mass is 16.4. The van der Waals surface area contributed by atoms with Crippen molar-refractivity contribution in [3.05, 3.63) is 12.2 Å². The van der Waals surface area contributed by atoms with Crippen molar-refractivity contribution in [3.63, 3.8) is 0 Å². The largest absolute Gasteiger partial charge is 0.480 e. The molecule has 156 valence electrons. The van der Waals surface area contributed by atoms with E-state index in [0.29, 0.717) is 0 Å². The first-order valence-corrected chi connectivity index (χ1v) is 10.4. The minimum Gasteiger partial charge on any atom is -0.480 e. The minimum atomic E-state index is -1.24. The molecule has 0 aliphatic heterocycles. The number of amides is 2. The summed E-state index contributed by atoms with van der Waals surface area (Å²) >= 11 is 0. The zero-order valence-electron chi connectivity index (χ0n) is 16.9. The molecule has 6 heteroatoms. The molecule has 0 aromatic rings. The fraction of sp³-hybridized carbons (Fsp3) is 0.762. The Morgan fingerprint density at radius 1 is 0.889 bits per heavy atom. The number of nitrogens with two attached hydrogens (primary N) is 1. The fourth-order valence-corrected chi connectivity index (χ4v) is 2.85. The molecule has 0 aliphatic carbocycles. The van der Waals surface area contributed by atoms with Gasteiger partial charge in [0.2, 0.25) is 11.8 Å². The van der Waals surface area contributed by atoms with Gasteiger partial charge in [-0.25, -0.2) is 4.79 Å². The van der Waals surface area contributed by atoms with E-state index in [1.165, 1.54) is 38.5 Å². The van der Waals surface area contributed by atoms with E-state index in [1.807, 2.05) is 0 Å². The number of carboxylic acids is 1. The zero-order valence-corrected chi connectivity index (χ0v) is 16.9. The van der Waals surface area contributed by atoms with Crippen LogP contribution in [-0.4, -0.2) is 28.9 Å². The van der Waals surface area contributed by atoms with E-state index in [-0.39, 0.29) is 18.7 Å². The van der Waals surface area contributed by atoms with E-state index in [0.717, 1.165) is 38.5 Å². The second-order valence-corrected chi connectivity index (χ2v) is 7.11. The summed E-state index contributed by atoms with van der Waals surface area (Å²) in [6.45, 7) is 2.23. The summed E-state index contributed by atoms with van der Waals surface area (Å²) < 4.78 is 0. The lowest BCUT2D eigenvalue weighted by Crippen LogP contribution is -2.43. The van der Waals surface area contributed by atoms with Crippen molar-refractivity contribution in [3.8, 4) is 0 Å². The van der Waals surface area contributed by atoms with Gasteiger partial charge in [-0.1, -0.05) is 64.0 Å². The highest BCUT2D eigenvalue weighted by Crippen LogP contribution is 2.09. The number of rotatable bonds is 18. The summed E-state index contributed by atoms with van der Waals surface area (Å²) in [5.74, 6) is -2.32. The van der Waals surface area contributed by atoms with Crippen LogP contribution in [0.25, 0.3) is 0 Å². The predicted molar refractivity (Wildman–Crippen MR) is 108 cm³/mol. The number of hydrogen-bond donors (Lipinski definition) is 3. The molecule has 4 N–H and O–H groups in total. The van der Waals surface area contributed by atoms with Crippen LogP contribution < -0.4 is 11.1 Å². The monoisotopic (exact) mass is 382 g/mol. The van der Waals surface area contributed by atoms with E-state index >= 15 is 0 Å². The third kappa shape index (κ3) is 17.3. The Labute approximate surface area is 164 Å². The quantitative estimate of drug-likeness (QED) is 0.245. The van der Waals surface area contributed by atoms with E-state index in [9.17, 15) is 14.4 Å². The zero-order chi connectivity index (χ0) is 20.3. The molecule has 0 heterocycles. The summed E-state index contributed by atoms with van der Waals surface area (Å²) in [5, 5.41) is 11.3. The Hall–Kier alpha value is -1.85. The molecule has 0 aliphatic rings. The first-order valence-electron chi connectivity index (χ1n) is 10.4. The minimum absolute atomic E-state index is 0.278. The lowest BCUT2D eigenvalue weighted by atomic mass is 10.1. The number of carbonyl (C=O) groups excluding carboxylic acids is 2. The van der Waals surface area contributed by atoms with Crippen molar-refractivity contribution < 1.29 is 19.5 Å². The van der Waals surface area contributed by atoms with Gasteiger partial charge in [-0.05, 0) is 32.1 Å². The number of carboxylic acid groups (broad SMARTS) is 1. The van der Waals surface area contributed by atoms with Gasteiger partial charge in [0.25, 0.3) is 0 Å². The molecule has 0 spiro atoms. The standard InChI is InChI=1S/C21H38N2O4/c1-2-3-4-5-6-7-8-9-10-11-12-13-14-15-16-20(25)23-18(21(26)27)17-19(22)24/h8-9,18H,2-7,10-17H2,1H3,(H2,22,24)(H,23,25)(H,26,27)/b9-8-/t18-/m0/s1. The van der Waals surface area contributed by atoms with E-state index in [4.69, 9.17) is 10.8 Å². The molecular formula is C21H38N2O4. The second kappa shape index (κ2) is 17.6. The molecule has 0 rings (SSSR count). The number of primary amides is 1.